The van der Waals surface area contributed by atoms with E-state index in [0.29, 0.717) is 21.2 Å². The molecule has 1 aliphatic rings. The highest BCUT2D eigenvalue weighted by Gasteiger charge is 2.49. The van der Waals surface area contributed by atoms with Gasteiger partial charge in [-0.2, -0.15) is 0 Å². The van der Waals surface area contributed by atoms with Gasteiger partial charge >= 0.3 is 6.03 Å². The molecule has 1 aliphatic heterocycles. The SMILES string of the molecule is CC1(c2ccc(F)cc2)NC(=O)N(CC(=O)Nc2nc3ccc(Cl)cc3s2)C1=O. The Morgan fingerprint density at radius 3 is 2.72 bits per heavy atom. The number of benzene rings is 2. The molecule has 148 valence electrons. The van der Waals surface area contributed by atoms with Crippen LogP contribution in [0.5, 0.6) is 0 Å². The maximum atomic E-state index is 13.2. The molecule has 10 heteroatoms. The number of nitrogens with one attached hydrogen (secondary N) is 2. The van der Waals surface area contributed by atoms with Gasteiger partial charge in [-0.1, -0.05) is 35.1 Å². The number of thiazole rings is 1. The number of imide groups is 1. The number of amides is 4. The highest BCUT2D eigenvalue weighted by atomic mass is 35.5. The molecule has 2 heterocycles. The Bertz CT molecular complexity index is 1150. The third kappa shape index (κ3) is 3.54. The molecule has 7 nitrogen and oxygen atoms in total. The van der Waals surface area contributed by atoms with E-state index in [0.717, 1.165) is 9.60 Å². The van der Waals surface area contributed by atoms with Crippen LogP contribution < -0.4 is 10.6 Å². The third-order valence-electron chi connectivity index (χ3n) is 4.60. The van der Waals surface area contributed by atoms with Gasteiger partial charge in [0.25, 0.3) is 5.91 Å². The summed E-state index contributed by atoms with van der Waals surface area (Å²) >= 11 is 7.18. The lowest BCUT2D eigenvalue weighted by Crippen LogP contribution is -2.42. The second kappa shape index (κ2) is 7.09. The number of carbonyl (C=O) groups excluding carboxylic acids is 3. The Morgan fingerprint density at radius 1 is 1.28 bits per heavy atom. The number of nitrogens with zero attached hydrogens (tertiary/aromatic N) is 2. The largest absolute Gasteiger partial charge is 0.325 e. The van der Waals surface area contributed by atoms with Crippen molar-refractivity contribution in [1.29, 1.82) is 0 Å². The summed E-state index contributed by atoms with van der Waals surface area (Å²) in [4.78, 5) is 42.7. The standard InChI is InChI=1S/C19H14ClFN4O3S/c1-19(10-2-5-12(21)6-3-10)16(27)25(18(28)24-19)9-15(26)23-17-22-13-7-4-11(20)8-14(13)29-17/h2-8H,9H2,1H3,(H,24,28)(H,22,23,26). The second-order valence-corrected chi connectivity index (χ2v) is 8.10. The molecule has 1 fully saturated rings. The molecule has 0 saturated carbocycles. The van der Waals surface area contributed by atoms with Gasteiger partial charge in [0.1, 0.15) is 17.9 Å². The van der Waals surface area contributed by atoms with Crippen LogP contribution >= 0.6 is 22.9 Å². The van der Waals surface area contributed by atoms with Gasteiger partial charge in [-0.3, -0.25) is 14.5 Å². The number of rotatable bonds is 4. The van der Waals surface area contributed by atoms with Crippen LogP contribution in [0.25, 0.3) is 10.2 Å². The number of halogens is 2. The fourth-order valence-corrected chi connectivity index (χ4v) is 4.23. The summed E-state index contributed by atoms with van der Waals surface area (Å²) in [6.45, 7) is 1.04. The average molecular weight is 433 g/mol. The Kier molecular flexibility index (Phi) is 4.71. The minimum absolute atomic E-state index is 0.334. The van der Waals surface area contributed by atoms with Crippen molar-refractivity contribution in [1.82, 2.24) is 15.2 Å². The lowest BCUT2D eigenvalue weighted by Gasteiger charge is -2.22. The van der Waals surface area contributed by atoms with Crippen molar-refractivity contribution in [3.63, 3.8) is 0 Å². The average Bonchev–Trinajstić information content (AvgIpc) is 3.15. The normalized spacial score (nSPS) is 18.9. The van der Waals surface area contributed by atoms with Crippen molar-refractivity contribution < 1.29 is 18.8 Å². The summed E-state index contributed by atoms with van der Waals surface area (Å²) in [7, 11) is 0. The number of carbonyl (C=O) groups is 3. The Balaban J connectivity index is 1.49. The van der Waals surface area contributed by atoms with Gasteiger partial charge in [0.05, 0.1) is 10.2 Å². The predicted molar refractivity (Wildman–Crippen MR) is 107 cm³/mol. The van der Waals surface area contributed by atoms with E-state index in [1.807, 2.05) is 0 Å². The zero-order valence-electron chi connectivity index (χ0n) is 15.0. The number of aromatic nitrogens is 1. The lowest BCUT2D eigenvalue weighted by molar-refractivity contribution is -0.133. The highest BCUT2D eigenvalue weighted by Crippen LogP contribution is 2.30. The summed E-state index contributed by atoms with van der Waals surface area (Å²) in [5.74, 6) is -1.62. The van der Waals surface area contributed by atoms with E-state index >= 15 is 0 Å². The van der Waals surface area contributed by atoms with Crippen LogP contribution in [0, 0.1) is 5.82 Å². The molecule has 2 N–H and O–H groups in total. The number of anilines is 1. The van der Waals surface area contributed by atoms with Gasteiger partial charge < -0.3 is 10.6 Å². The molecule has 3 aromatic rings. The predicted octanol–water partition coefficient (Wildman–Crippen LogP) is 3.49. The maximum absolute atomic E-state index is 13.2. The van der Waals surface area contributed by atoms with Gasteiger partial charge in [0.15, 0.2) is 5.13 Å². The summed E-state index contributed by atoms with van der Waals surface area (Å²) < 4.78 is 14.0. The molecule has 1 aromatic heterocycles. The first-order chi connectivity index (χ1) is 13.8. The highest BCUT2D eigenvalue weighted by molar-refractivity contribution is 7.22. The number of hydrogen-bond donors (Lipinski definition) is 2. The van der Waals surface area contributed by atoms with Crippen molar-refractivity contribution in [3.05, 3.63) is 58.9 Å². The fraction of sp³-hybridized carbons (Fsp3) is 0.158. The van der Waals surface area contributed by atoms with Crippen molar-refractivity contribution in [2.45, 2.75) is 12.5 Å². The van der Waals surface area contributed by atoms with Crippen LogP contribution in [0.15, 0.2) is 42.5 Å². The summed E-state index contributed by atoms with van der Waals surface area (Å²) in [6, 6.07) is 9.70. The van der Waals surface area contributed by atoms with E-state index in [2.05, 4.69) is 15.6 Å². The van der Waals surface area contributed by atoms with Gasteiger partial charge in [0, 0.05) is 5.02 Å². The first-order valence-corrected chi connectivity index (χ1v) is 9.72. The summed E-state index contributed by atoms with van der Waals surface area (Å²) in [5.41, 5.74) is -0.283. The minimum atomic E-state index is -1.38. The van der Waals surface area contributed by atoms with Crippen LogP contribution in [-0.2, 0) is 15.1 Å². The zero-order chi connectivity index (χ0) is 20.8. The molecule has 4 rings (SSSR count). The van der Waals surface area contributed by atoms with E-state index < -0.39 is 35.7 Å². The number of hydrogen-bond acceptors (Lipinski definition) is 5. The number of fused-ring (bicyclic) bond motifs is 1. The van der Waals surface area contributed by atoms with Gasteiger partial charge in [-0.05, 0) is 42.8 Å². The molecular formula is C19H14ClFN4O3S. The van der Waals surface area contributed by atoms with Crippen molar-refractivity contribution in [3.8, 4) is 0 Å². The molecule has 29 heavy (non-hydrogen) atoms. The van der Waals surface area contributed by atoms with Crippen LogP contribution in [0.3, 0.4) is 0 Å². The van der Waals surface area contributed by atoms with Crippen molar-refractivity contribution in [2.24, 2.45) is 0 Å². The molecular weight excluding hydrogens is 419 g/mol. The second-order valence-electron chi connectivity index (χ2n) is 6.63. The van der Waals surface area contributed by atoms with Crippen molar-refractivity contribution >= 4 is 56.1 Å². The topological polar surface area (TPSA) is 91.4 Å². The molecule has 1 atom stereocenters. The van der Waals surface area contributed by atoms with Gasteiger partial charge in [-0.15, -0.1) is 0 Å². The molecule has 1 unspecified atom stereocenters. The van der Waals surface area contributed by atoms with Crippen molar-refractivity contribution in [2.75, 3.05) is 11.9 Å². The third-order valence-corrected chi connectivity index (χ3v) is 5.76. The molecule has 1 saturated heterocycles. The molecule has 0 spiro atoms. The quantitative estimate of drug-likeness (QED) is 0.617. The summed E-state index contributed by atoms with van der Waals surface area (Å²) in [5, 5.41) is 6.05. The van der Waals surface area contributed by atoms with Gasteiger partial charge in [0.2, 0.25) is 5.91 Å². The maximum Gasteiger partial charge on any atom is 0.325 e. The molecule has 0 aliphatic carbocycles. The van der Waals surface area contributed by atoms with E-state index in [4.69, 9.17) is 11.6 Å². The van der Waals surface area contributed by atoms with E-state index in [9.17, 15) is 18.8 Å². The monoisotopic (exact) mass is 432 g/mol. The van der Waals surface area contributed by atoms with Crippen LogP contribution in [0.1, 0.15) is 12.5 Å². The fourth-order valence-electron chi connectivity index (χ4n) is 3.07. The first kappa shape index (κ1) is 19.3. The molecule has 4 amide bonds. The molecule has 0 bridgehead atoms. The van der Waals surface area contributed by atoms with E-state index in [1.54, 1.807) is 18.2 Å². The first-order valence-electron chi connectivity index (χ1n) is 8.52. The van der Waals surface area contributed by atoms with E-state index in [1.165, 1.54) is 42.5 Å². The minimum Gasteiger partial charge on any atom is -0.319 e. The van der Waals surface area contributed by atoms with Crippen LogP contribution in [-0.4, -0.2) is 34.3 Å². The number of urea groups is 1. The molecule has 0 radical (unpaired) electrons. The Morgan fingerprint density at radius 2 is 2.00 bits per heavy atom. The van der Waals surface area contributed by atoms with Crippen LogP contribution in [0.4, 0.5) is 14.3 Å². The molecule has 2 aromatic carbocycles. The zero-order valence-corrected chi connectivity index (χ0v) is 16.6. The van der Waals surface area contributed by atoms with E-state index in [-0.39, 0.29) is 0 Å². The lowest BCUT2D eigenvalue weighted by atomic mass is 9.92. The van der Waals surface area contributed by atoms with Gasteiger partial charge in [-0.25, -0.2) is 14.2 Å². The Hall–Kier alpha value is -3.04. The van der Waals surface area contributed by atoms with Crippen LogP contribution in [0.2, 0.25) is 5.02 Å². The Labute approximate surface area is 173 Å². The summed E-state index contributed by atoms with van der Waals surface area (Å²) in [6.07, 6.45) is 0. The smallest absolute Gasteiger partial charge is 0.319 e.